The Bertz CT molecular complexity index is 902. The van der Waals surface area contributed by atoms with E-state index < -0.39 is 0 Å². The second-order valence-electron chi connectivity index (χ2n) is 6.01. The monoisotopic (exact) mass is 384 g/mol. The van der Waals surface area contributed by atoms with Crippen molar-refractivity contribution in [3.8, 4) is 11.5 Å². The Balaban J connectivity index is 1.52. The van der Waals surface area contributed by atoms with E-state index in [2.05, 4.69) is 16.3 Å². The smallest absolute Gasteiger partial charge is 0.277 e. The van der Waals surface area contributed by atoms with Crippen LogP contribution in [0.3, 0.4) is 0 Å². The van der Waals surface area contributed by atoms with E-state index in [1.807, 2.05) is 26.0 Å². The quantitative estimate of drug-likeness (QED) is 0.424. The molecule has 1 aromatic heterocycles. The number of Topliss-reactive ketones (excluding diaryl/α,β-unsaturated/α-hetero) is 1. The van der Waals surface area contributed by atoms with Crippen molar-refractivity contribution in [3.05, 3.63) is 65.0 Å². The minimum atomic E-state index is -0.0195. The number of benzene rings is 2. The van der Waals surface area contributed by atoms with Crippen LogP contribution in [0.4, 0.5) is 0 Å². The zero-order chi connectivity index (χ0) is 19.2. The molecule has 0 radical (unpaired) electrons. The molecule has 0 fully saturated rings. The van der Waals surface area contributed by atoms with Crippen LogP contribution in [-0.2, 0) is 6.61 Å². The van der Waals surface area contributed by atoms with Crippen LogP contribution in [0.5, 0.6) is 11.5 Å². The standard InChI is InChI=1S/C20H20N2O4S/c1-13-8-14(2)10-17(9-13)25-11-19-21-22-20(26-19)27-12-18(23)15-4-6-16(24-3)7-5-15/h4-10H,11-12H2,1-3H3. The van der Waals surface area contributed by atoms with Gasteiger partial charge in [-0.15, -0.1) is 10.2 Å². The average molecular weight is 384 g/mol. The summed E-state index contributed by atoms with van der Waals surface area (Å²) in [6, 6.07) is 13.0. The molecule has 0 bridgehead atoms. The minimum absolute atomic E-state index is 0.0195. The molecule has 0 spiro atoms. The lowest BCUT2D eigenvalue weighted by Gasteiger charge is -2.05. The Hall–Kier alpha value is -2.80. The van der Waals surface area contributed by atoms with E-state index >= 15 is 0 Å². The van der Waals surface area contributed by atoms with Crippen molar-refractivity contribution < 1.29 is 18.7 Å². The number of aromatic nitrogens is 2. The van der Waals surface area contributed by atoms with Crippen LogP contribution in [0, 0.1) is 13.8 Å². The number of aryl methyl sites for hydroxylation is 2. The number of rotatable bonds is 8. The molecule has 0 aliphatic heterocycles. The minimum Gasteiger partial charge on any atom is -0.497 e. The first-order valence-corrected chi connectivity index (χ1v) is 9.35. The molecule has 0 N–H and O–H groups in total. The van der Waals surface area contributed by atoms with Crippen molar-refractivity contribution in [1.82, 2.24) is 10.2 Å². The average Bonchev–Trinajstić information content (AvgIpc) is 3.12. The summed E-state index contributed by atoms with van der Waals surface area (Å²) in [7, 11) is 1.59. The van der Waals surface area contributed by atoms with Gasteiger partial charge >= 0.3 is 0 Å². The number of thioether (sulfide) groups is 1. The maximum Gasteiger partial charge on any atom is 0.277 e. The Kier molecular flexibility index (Phi) is 6.13. The first kappa shape index (κ1) is 19.0. The second-order valence-corrected chi connectivity index (χ2v) is 6.94. The highest BCUT2D eigenvalue weighted by atomic mass is 32.2. The summed E-state index contributed by atoms with van der Waals surface area (Å²) in [5, 5.41) is 8.25. The molecule has 0 amide bonds. The molecule has 2 aromatic carbocycles. The van der Waals surface area contributed by atoms with Crippen molar-refractivity contribution in [2.45, 2.75) is 25.7 Å². The van der Waals surface area contributed by atoms with Gasteiger partial charge in [-0.05, 0) is 61.4 Å². The fourth-order valence-corrected chi connectivity index (χ4v) is 3.18. The number of hydrogen-bond donors (Lipinski definition) is 0. The summed E-state index contributed by atoms with van der Waals surface area (Å²) in [5.74, 6) is 2.04. The highest BCUT2D eigenvalue weighted by Crippen LogP contribution is 2.21. The van der Waals surface area contributed by atoms with Crippen molar-refractivity contribution in [1.29, 1.82) is 0 Å². The van der Waals surface area contributed by atoms with Crippen molar-refractivity contribution in [3.63, 3.8) is 0 Å². The van der Waals surface area contributed by atoms with Gasteiger partial charge < -0.3 is 13.9 Å². The molecule has 3 aromatic rings. The Morgan fingerprint density at radius 3 is 2.41 bits per heavy atom. The molecule has 0 aliphatic rings. The van der Waals surface area contributed by atoms with Gasteiger partial charge in [-0.3, -0.25) is 4.79 Å². The fourth-order valence-electron chi connectivity index (χ4n) is 2.50. The van der Waals surface area contributed by atoms with Gasteiger partial charge in [-0.1, -0.05) is 17.8 Å². The Labute approximate surface area is 161 Å². The van der Waals surface area contributed by atoms with Gasteiger partial charge in [0.15, 0.2) is 12.4 Å². The number of ketones is 1. The van der Waals surface area contributed by atoms with E-state index in [1.54, 1.807) is 31.4 Å². The van der Waals surface area contributed by atoms with E-state index in [4.69, 9.17) is 13.9 Å². The third-order valence-corrected chi connectivity index (χ3v) is 4.56. The van der Waals surface area contributed by atoms with E-state index in [-0.39, 0.29) is 18.1 Å². The summed E-state index contributed by atoms with van der Waals surface area (Å²) in [6.07, 6.45) is 0. The lowest BCUT2D eigenvalue weighted by atomic mass is 10.1. The van der Waals surface area contributed by atoms with Crippen molar-refractivity contribution in [2.24, 2.45) is 0 Å². The SMILES string of the molecule is COc1ccc(C(=O)CSc2nnc(COc3cc(C)cc(C)c3)o2)cc1. The number of ether oxygens (including phenoxy) is 2. The number of carbonyl (C=O) groups excluding carboxylic acids is 1. The normalized spacial score (nSPS) is 10.6. The van der Waals surface area contributed by atoms with E-state index in [0.29, 0.717) is 22.4 Å². The van der Waals surface area contributed by atoms with Crippen molar-refractivity contribution in [2.75, 3.05) is 12.9 Å². The van der Waals surface area contributed by atoms with E-state index in [1.165, 1.54) is 11.8 Å². The van der Waals surface area contributed by atoms with Gasteiger partial charge in [0.05, 0.1) is 12.9 Å². The van der Waals surface area contributed by atoms with Crippen LogP contribution in [0.1, 0.15) is 27.4 Å². The first-order chi connectivity index (χ1) is 13.0. The topological polar surface area (TPSA) is 74.5 Å². The van der Waals surface area contributed by atoms with Gasteiger partial charge in [-0.25, -0.2) is 0 Å². The molecule has 0 atom stereocenters. The molecule has 0 saturated carbocycles. The predicted molar refractivity (Wildman–Crippen MR) is 103 cm³/mol. The van der Waals surface area contributed by atoms with Crippen LogP contribution in [-0.4, -0.2) is 28.8 Å². The highest BCUT2D eigenvalue weighted by Gasteiger charge is 2.12. The molecule has 6 nitrogen and oxygen atoms in total. The Morgan fingerprint density at radius 2 is 1.74 bits per heavy atom. The molecule has 1 heterocycles. The number of methoxy groups -OCH3 is 1. The molecule has 7 heteroatoms. The zero-order valence-electron chi connectivity index (χ0n) is 15.4. The third kappa shape index (κ3) is 5.34. The number of carbonyl (C=O) groups is 1. The van der Waals surface area contributed by atoms with Crippen LogP contribution in [0.2, 0.25) is 0 Å². The summed E-state index contributed by atoms with van der Waals surface area (Å²) in [6.45, 7) is 4.21. The summed E-state index contributed by atoms with van der Waals surface area (Å²) >= 11 is 1.20. The lowest BCUT2D eigenvalue weighted by molar-refractivity contribution is 0.102. The van der Waals surface area contributed by atoms with Crippen LogP contribution >= 0.6 is 11.8 Å². The largest absolute Gasteiger partial charge is 0.497 e. The molecule has 0 aliphatic carbocycles. The molecule has 27 heavy (non-hydrogen) atoms. The van der Waals surface area contributed by atoms with E-state index in [9.17, 15) is 4.79 Å². The lowest BCUT2D eigenvalue weighted by Crippen LogP contribution is -2.02. The molecule has 0 unspecified atom stereocenters. The maximum absolute atomic E-state index is 12.2. The van der Waals surface area contributed by atoms with Gasteiger partial charge in [0.1, 0.15) is 11.5 Å². The first-order valence-electron chi connectivity index (χ1n) is 8.37. The summed E-state index contributed by atoms with van der Waals surface area (Å²) in [4.78, 5) is 12.2. The van der Waals surface area contributed by atoms with Gasteiger partial charge in [0.2, 0.25) is 0 Å². The van der Waals surface area contributed by atoms with Crippen LogP contribution in [0.25, 0.3) is 0 Å². The zero-order valence-corrected chi connectivity index (χ0v) is 16.2. The number of nitrogens with zero attached hydrogens (tertiary/aromatic N) is 2. The summed E-state index contributed by atoms with van der Waals surface area (Å²) in [5.41, 5.74) is 2.87. The molecular weight excluding hydrogens is 364 g/mol. The second kappa shape index (κ2) is 8.73. The molecule has 0 saturated heterocycles. The van der Waals surface area contributed by atoms with Gasteiger partial charge in [-0.2, -0.15) is 0 Å². The molecule has 140 valence electrons. The highest BCUT2D eigenvalue weighted by molar-refractivity contribution is 7.99. The van der Waals surface area contributed by atoms with Crippen LogP contribution < -0.4 is 9.47 Å². The predicted octanol–water partition coefficient (Wildman–Crippen LogP) is 4.25. The van der Waals surface area contributed by atoms with Crippen molar-refractivity contribution >= 4 is 17.5 Å². The van der Waals surface area contributed by atoms with Gasteiger partial charge in [0.25, 0.3) is 11.1 Å². The van der Waals surface area contributed by atoms with Crippen LogP contribution in [0.15, 0.2) is 52.1 Å². The summed E-state index contributed by atoms with van der Waals surface area (Å²) < 4.78 is 16.3. The molecular formula is C20H20N2O4S. The number of hydrogen-bond acceptors (Lipinski definition) is 7. The fraction of sp³-hybridized carbons (Fsp3) is 0.250. The third-order valence-electron chi connectivity index (χ3n) is 3.74. The maximum atomic E-state index is 12.2. The molecule has 3 rings (SSSR count). The Morgan fingerprint density at radius 1 is 1.04 bits per heavy atom. The van der Waals surface area contributed by atoms with E-state index in [0.717, 1.165) is 16.9 Å². The van der Waals surface area contributed by atoms with Gasteiger partial charge in [0, 0.05) is 5.56 Å².